The molecule has 0 aliphatic heterocycles. The van der Waals surface area contributed by atoms with Gasteiger partial charge in [-0.15, -0.1) is 0 Å². The Morgan fingerprint density at radius 2 is 1.84 bits per heavy atom. The molecule has 4 rings (SSSR count). The van der Waals surface area contributed by atoms with Crippen molar-refractivity contribution in [2.75, 3.05) is 0 Å². The van der Waals surface area contributed by atoms with Crippen LogP contribution in [0.15, 0.2) is 77.2 Å². The molecule has 1 heterocycles. The fraction of sp³-hybridized carbons (Fsp3) is 0.194. The van der Waals surface area contributed by atoms with Crippen LogP contribution in [-0.2, 0) is 11.2 Å². The molecule has 6 nitrogen and oxygen atoms in total. The van der Waals surface area contributed by atoms with Crippen LogP contribution in [0.25, 0.3) is 33.4 Å². The monoisotopic (exact) mass is 512 g/mol. The first-order valence-electron chi connectivity index (χ1n) is 12.4. The summed E-state index contributed by atoms with van der Waals surface area (Å²) in [5.74, 6) is -0.869. The number of halogens is 1. The normalized spacial score (nSPS) is 11.8. The summed E-state index contributed by atoms with van der Waals surface area (Å²) < 4.78 is 19.5. The highest BCUT2D eigenvalue weighted by Gasteiger charge is 2.20. The van der Waals surface area contributed by atoms with Crippen molar-refractivity contribution >= 4 is 29.1 Å². The molecule has 0 aliphatic carbocycles. The fourth-order valence-electron chi connectivity index (χ4n) is 4.50. The van der Waals surface area contributed by atoms with Crippen molar-refractivity contribution in [1.82, 2.24) is 5.32 Å². The summed E-state index contributed by atoms with van der Waals surface area (Å²) in [5, 5.41) is 3.53. The molecule has 0 saturated heterocycles. The van der Waals surface area contributed by atoms with Gasteiger partial charge in [-0.25, -0.2) is 4.39 Å². The predicted octanol–water partition coefficient (Wildman–Crippen LogP) is 6.22. The number of carbonyl (C=O) groups excluding carboxylic acids is 3. The average molecular weight is 513 g/mol. The number of primary amides is 1. The second-order valence-corrected chi connectivity index (χ2v) is 9.38. The van der Waals surface area contributed by atoms with Crippen LogP contribution in [0.3, 0.4) is 0 Å². The van der Waals surface area contributed by atoms with Crippen LogP contribution < -0.4 is 11.1 Å². The third-order valence-electron chi connectivity index (χ3n) is 6.45. The van der Waals surface area contributed by atoms with E-state index < -0.39 is 11.7 Å². The van der Waals surface area contributed by atoms with E-state index in [1.807, 2.05) is 19.9 Å². The van der Waals surface area contributed by atoms with E-state index in [1.54, 1.807) is 30.3 Å². The maximum absolute atomic E-state index is 13.5. The van der Waals surface area contributed by atoms with Gasteiger partial charge in [0.1, 0.15) is 17.2 Å². The van der Waals surface area contributed by atoms with E-state index in [-0.39, 0.29) is 18.4 Å². The van der Waals surface area contributed by atoms with E-state index in [2.05, 4.69) is 11.9 Å². The second-order valence-electron chi connectivity index (χ2n) is 9.38. The minimum atomic E-state index is -0.537. The summed E-state index contributed by atoms with van der Waals surface area (Å²) in [4.78, 5) is 37.0. The molecular formula is C31H29FN2O4. The Hall–Kier alpha value is -4.52. The number of nitrogens with one attached hydrogen (secondary N) is 1. The van der Waals surface area contributed by atoms with Crippen molar-refractivity contribution in [3.05, 3.63) is 95.3 Å². The van der Waals surface area contributed by atoms with Gasteiger partial charge in [0.2, 0.25) is 5.91 Å². The molecule has 3 aromatic carbocycles. The van der Waals surface area contributed by atoms with Crippen molar-refractivity contribution in [2.45, 2.75) is 39.2 Å². The molecule has 1 unspecified atom stereocenters. The molecule has 2 amide bonds. The summed E-state index contributed by atoms with van der Waals surface area (Å²) in [7, 11) is 0. The van der Waals surface area contributed by atoms with Crippen LogP contribution in [0, 0.1) is 5.82 Å². The second kappa shape index (κ2) is 11.3. The highest BCUT2D eigenvalue weighted by Crippen LogP contribution is 2.37. The quantitative estimate of drug-likeness (QED) is 0.194. The molecule has 0 saturated carbocycles. The van der Waals surface area contributed by atoms with E-state index in [0.29, 0.717) is 62.8 Å². The molecule has 0 fully saturated rings. The topological polar surface area (TPSA) is 102 Å². The first-order chi connectivity index (χ1) is 18.2. The van der Waals surface area contributed by atoms with E-state index in [4.69, 9.17) is 10.2 Å². The number of benzene rings is 3. The third-order valence-corrected chi connectivity index (χ3v) is 6.45. The Bertz CT molecular complexity index is 1540. The zero-order chi connectivity index (χ0) is 27.4. The molecule has 0 aliphatic rings. The minimum absolute atomic E-state index is 0.0686. The lowest BCUT2D eigenvalue weighted by atomic mass is 9.93. The first-order valence-corrected chi connectivity index (χ1v) is 12.4. The molecule has 194 valence electrons. The summed E-state index contributed by atoms with van der Waals surface area (Å²) in [5.41, 5.74) is 10.2. The van der Waals surface area contributed by atoms with Crippen LogP contribution in [0.4, 0.5) is 4.39 Å². The van der Waals surface area contributed by atoms with Crippen molar-refractivity contribution in [3.8, 4) is 22.5 Å². The van der Waals surface area contributed by atoms with E-state index >= 15 is 0 Å². The Kier molecular flexibility index (Phi) is 7.86. The van der Waals surface area contributed by atoms with Crippen LogP contribution >= 0.6 is 0 Å². The number of aldehydes is 1. The molecule has 1 atom stereocenters. The SMILES string of the molecule is C=C(CC)CC(C)NC(=O)c1cccc(-c2cc3c(C=O)c(-c4ccc(F)cc4)oc3cc2CC(N)=O)c1. The van der Waals surface area contributed by atoms with Gasteiger partial charge >= 0.3 is 0 Å². The molecule has 4 aromatic rings. The molecule has 0 bridgehead atoms. The van der Waals surface area contributed by atoms with Gasteiger partial charge < -0.3 is 15.5 Å². The van der Waals surface area contributed by atoms with Crippen molar-refractivity contribution < 1.29 is 23.2 Å². The summed E-state index contributed by atoms with van der Waals surface area (Å²) in [6.45, 7) is 7.96. The molecule has 38 heavy (non-hydrogen) atoms. The lowest BCUT2D eigenvalue weighted by Crippen LogP contribution is -2.32. The van der Waals surface area contributed by atoms with Gasteiger partial charge in [-0.05, 0) is 85.0 Å². The number of amides is 2. The Balaban J connectivity index is 1.79. The van der Waals surface area contributed by atoms with Crippen LogP contribution in [0.2, 0.25) is 0 Å². The number of furan rings is 1. The number of carbonyl (C=O) groups is 3. The van der Waals surface area contributed by atoms with Gasteiger partial charge in [0.25, 0.3) is 5.91 Å². The maximum Gasteiger partial charge on any atom is 0.251 e. The molecule has 7 heteroatoms. The fourth-order valence-corrected chi connectivity index (χ4v) is 4.50. The van der Waals surface area contributed by atoms with Crippen LogP contribution in [-0.4, -0.2) is 24.1 Å². The Labute approximate surface area is 220 Å². The summed E-state index contributed by atoms with van der Waals surface area (Å²) >= 11 is 0. The zero-order valence-electron chi connectivity index (χ0n) is 21.3. The molecular weight excluding hydrogens is 483 g/mol. The predicted molar refractivity (Wildman–Crippen MR) is 146 cm³/mol. The Morgan fingerprint density at radius 1 is 1.11 bits per heavy atom. The molecule has 3 N–H and O–H groups in total. The van der Waals surface area contributed by atoms with Gasteiger partial charge in [-0.1, -0.05) is 31.2 Å². The van der Waals surface area contributed by atoms with Crippen LogP contribution in [0.5, 0.6) is 0 Å². The highest BCUT2D eigenvalue weighted by molar-refractivity contribution is 6.05. The maximum atomic E-state index is 13.5. The minimum Gasteiger partial charge on any atom is -0.455 e. The standard InChI is InChI=1S/C31H29FN2O4/c1-4-18(2)12-19(3)34-31(37)22-7-5-6-21(13-22)25-16-26-27(17-35)30(20-8-10-24(32)11-9-20)38-28(26)14-23(25)15-29(33)36/h5-11,13-14,16-17,19H,2,4,12,15H2,1,3H3,(H2,33,36)(H,34,37). The summed E-state index contributed by atoms with van der Waals surface area (Å²) in [6, 6.07) is 16.1. The first kappa shape index (κ1) is 26.5. The van der Waals surface area contributed by atoms with Crippen molar-refractivity contribution in [3.63, 3.8) is 0 Å². The number of fused-ring (bicyclic) bond motifs is 1. The lowest BCUT2D eigenvalue weighted by molar-refractivity contribution is -0.117. The zero-order valence-corrected chi connectivity index (χ0v) is 21.3. The third kappa shape index (κ3) is 5.72. The summed E-state index contributed by atoms with van der Waals surface area (Å²) in [6.07, 6.45) is 2.16. The number of rotatable bonds is 10. The van der Waals surface area contributed by atoms with Crippen LogP contribution in [0.1, 0.15) is 53.0 Å². The molecule has 1 aromatic heterocycles. The van der Waals surface area contributed by atoms with Crippen molar-refractivity contribution in [1.29, 1.82) is 0 Å². The largest absolute Gasteiger partial charge is 0.455 e. The van der Waals surface area contributed by atoms with Gasteiger partial charge in [0.05, 0.1) is 12.0 Å². The highest BCUT2D eigenvalue weighted by atomic mass is 19.1. The van der Waals surface area contributed by atoms with E-state index in [1.165, 1.54) is 24.3 Å². The van der Waals surface area contributed by atoms with E-state index in [9.17, 15) is 18.8 Å². The van der Waals surface area contributed by atoms with Gasteiger partial charge in [0, 0.05) is 22.6 Å². The smallest absolute Gasteiger partial charge is 0.251 e. The van der Waals surface area contributed by atoms with Crippen molar-refractivity contribution in [2.24, 2.45) is 5.73 Å². The van der Waals surface area contributed by atoms with Gasteiger partial charge in [-0.2, -0.15) is 0 Å². The van der Waals surface area contributed by atoms with Gasteiger partial charge in [0.15, 0.2) is 6.29 Å². The molecule has 0 spiro atoms. The number of hydrogen-bond acceptors (Lipinski definition) is 4. The lowest BCUT2D eigenvalue weighted by Gasteiger charge is -2.15. The molecule has 0 radical (unpaired) electrons. The van der Waals surface area contributed by atoms with Gasteiger partial charge in [-0.3, -0.25) is 14.4 Å². The number of hydrogen-bond donors (Lipinski definition) is 2. The average Bonchev–Trinajstić information content (AvgIpc) is 3.25. The van der Waals surface area contributed by atoms with E-state index in [0.717, 1.165) is 12.0 Å². The Morgan fingerprint density at radius 3 is 2.50 bits per heavy atom. The number of nitrogens with two attached hydrogens (primary N) is 1.